The topological polar surface area (TPSA) is 56.2 Å². The number of benzene rings is 2. The molecule has 2 aromatic carbocycles. The number of fused-ring (bicyclic) bond motifs is 1. The number of hydrogen-bond acceptors (Lipinski definition) is 3. The summed E-state index contributed by atoms with van der Waals surface area (Å²) in [7, 11) is 0. The van der Waals surface area contributed by atoms with Crippen molar-refractivity contribution < 1.29 is 9.53 Å². The Bertz CT molecular complexity index is 1020. The minimum atomic E-state index is -0.0653. The van der Waals surface area contributed by atoms with Crippen LogP contribution >= 0.6 is 0 Å². The number of unbranched alkanes of at least 4 members (excludes halogenated alkanes) is 1. The molecule has 0 spiro atoms. The number of allylic oxidation sites excluding steroid dienone is 1. The number of carbonyl (C=O) groups is 1. The van der Waals surface area contributed by atoms with Crippen LogP contribution in [0.3, 0.4) is 0 Å². The number of rotatable bonds is 12. The van der Waals surface area contributed by atoms with E-state index in [-0.39, 0.29) is 5.91 Å². The van der Waals surface area contributed by atoms with Gasteiger partial charge in [0.1, 0.15) is 11.6 Å². The van der Waals surface area contributed by atoms with Gasteiger partial charge in [0, 0.05) is 19.5 Å². The number of ether oxygens (including phenoxy) is 1. The Kier molecular flexibility index (Phi) is 8.90. The van der Waals surface area contributed by atoms with Crippen LogP contribution in [0.2, 0.25) is 0 Å². The zero-order chi connectivity index (χ0) is 22.8. The molecule has 1 heterocycles. The quantitative estimate of drug-likeness (QED) is 0.297. The van der Waals surface area contributed by atoms with Crippen LogP contribution in [0.15, 0.2) is 60.7 Å². The number of nitrogens with one attached hydrogen (secondary N) is 1. The van der Waals surface area contributed by atoms with Gasteiger partial charge in [-0.1, -0.05) is 44.2 Å². The molecule has 0 aliphatic heterocycles. The number of amides is 1. The van der Waals surface area contributed by atoms with Crippen LogP contribution in [0.25, 0.3) is 11.0 Å². The molecule has 0 bridgehead atoms. The summed E-state index contributed by atoms with van der Waals surface area (Å²) in [6.07, 6.45) is 7.11. The second-order valence-electron chi connectivity index (χ2n) is 8.14. The SMILES string of the molecule is C/C=C/C(=O)NCCc1nc2ccccc2n1CCCCOc1ccc(C(C)CC)cc1. The van der Waals surface area contributed by atoms with E-state index < -0.39 is 0 Å². The van der Waals surface area contributed by atoms with Crippen molar-refractivity contribution in [2.45, 2.75) is 58.9 Å². The van der Waals surface area contributed by atoms with Crippen molar-refractivity contribution in [3.8, 4) is 5.75 Å². The summed E-state index contributed by atoms with van der Waals surface area (Å²) in [5.41, 5.74) is 3.50. The molecule has 0 radical (unpaired) electrons. The van der Waals surface area contributed by atoms with Crippen molar-refractivity contribution in [1.82, 2.24) is 14.9 Å². The van der Waals surface area contributed by atoms with Crippen LogP contribution in [0, 0.1) is 0 Å². The van der Waals surface area contributed by atoms with E-state index in [1.165, 1.54) is 5.56 Å². The zero-order valence-corrected chi connectivity index (χ0v) is 19.5. The van der Waals surface area contributed by atoms with Gasteiger partial charge in [-0.2, -0.15) is 0 Å². The fraction of sp³-hybridized carbons (Fsp3) is 0.407. The molecule has 3 rings (SSSR count). The van der Waals surface area contributed by atoms with Crippen LogP contribution in [-0.2, 0) is 17.8 Å². The Morgan fingerprint density at radius 3 is 2.69 bits per heavy atom. The van der Waals surface area contributed by atoms with Gasteiger partial charge in [0.15, 0.2) is 0 Å². The Morgan fingerprint density at radius 1 is 1.16 bits per heavy atom. The van der Waals surface area contributed by atoms with E-state index >= 15 is 0 Å². The van der Waals surface area contributed by atoms with Crippen LogP contribution in [0.4, 0.5) is 0 Å². The maximum Gasteiger partial charge on any atom is 0.243 e. The molecule has 0 saturated heterocycles. The highest BCUT2D eigenvalue weighted by molar-refractivity contribution is 5.87. The second kappa shape index (κ2) is 12.1. The van der Waals surface area contributed by atoms with E-state index in [0.29, 0.717) is 25.5 Å². The third-order valence-electron chi connectivity index (χ3n) is 5.81. The summed E-state index contributed by atoms with van der Waals surface area (Å²) >= 11 is 0. The van der Waals surface area contributed by atoms with E-state index in [9.17, 15) is 4.79 Å². The molecule has 0 saturated carbocycles. The van der Waals surface area contributed by atoms with Gasteiger partial charge in [0.2, 0.25) is 5.91 Å². The lowest BCUT2D eigenvalue weighted by atomic mass is 9.99. The normalized spacial score (nSPS) is 12.3. The molecule has 0 aliphatic rings. The Labute approximate surface area is 191 Å². The highest BCUT2D eigenvalue weighted by Crippen LogP contribution is 2.22. The number of carbonyl (C=O) groups excluding carboxylic acids is 1. The summed E-state index contributed by atoms with van der Waals surface area (Å²) in [5, 5.41) is 2.91. The lowest BCUT2D eigenvalue weighted by Crippen LogP contribution is -2.24. The lowest BCUT2D eigenvalue weighted by Gasteiger charge is -2.12. The molecule has 0 fully saturated rings. The molecule has 1 atom stereocenters. The first-order valence-corrected chi connectivity index (χ1v) is 11.7. The third kappa shape index (κ3) is 6.46. The van der Waals surface area contributed by atoms with Crippen LogP contribution < -0.4 is 10.1 Å². The van der Waals surface area contributed by atoms with Gasteiger partial charge in [-0.25, -0.2) is 4.98 Å². The van der Waals surface area contributed by atoms with E-state index in [0.717, 1.165) is 48.4 Å². The molecule has 5 nitrogen and oxygen atoms in total. The minimum absolute atomic E-state index is 0.0653. The summed E-state index contributed by atoms with van der Waals surface area (Å²) in [6.45, 7) is 8.45. The van der Waals surface area contributed by atoms with Gasteiger partial charge < -0.3 is 14.6 Å². The molecule has 32 heavy (non-hydrogen) atoms. The zero-order valence-electron chi connectivity index (χ0n) is 19.5. The fourth-order valence-corrected chi connectivity index (χ4v) is 3.76. The van der Waals surface area contributed by atoms with Crippen molar-refractivity contribution >= 4 is 16.9 Å². The fourth-order valence-electron chi connectivity index (χ4n) is 3.76. The highest BCUT2D eigenvalue weighted by atomic mass is 16.5. The predicted molar refractivity (Wildman–Crippen MR) is 131 cm³/mol. The lowest BCUT2D eigenvalue weighted by molar-refractivity contribution is -0.116. The average Bonchev–Trinajstić information content (AvgIpc) is 3.16. The molecule has 0 aliphatic carbocycles. The standard InChI is InChI=1S/C27H35N3O2/c1-4-10-27(31)28-18-17-26-29-24-11-6-7-12-25(24)30(26)19-8-9-20-32-23-15-13-22(14-16-23)21(3)5-2/h4,6-7,10-16,21H,5,8-9,17-20H2,1-3H3,(H,28,31)/b10-4+. The van der Waals surface area contributed by atoms with Crippen LogP contribution in [0.1, 0.15) is 57.3 Å². The maximum absolute atomic E-state index is 11.7. The molecule has 1 N–H and O–H groups in total. The third-order valence-corrected chi connectivity index (χ3v) is 5.81. The smallest absolute Gasteiger partial charge is 0.243 e. The second-order valence-corrected chi connectivity index (χ2v) is 8.14. The van der Waals surface area contributed by atoms with Crippen molar-refractivity contribution in [3.05, 3.63) is 72.1 Å². The number of hydrogen-bond donors (Lipinski definition) is 1. The van der Waals surface area contributed by atoms with Gasteiger partial charge in [-0.05, 0) is 68.0 Å². The van der Waals surface area contributed by atoms with Crippen molar-refractivity contribution in [1.29, 1.82) is 0 Å². The van der Waals surface area contributed by atoms with E-state index in [4.69, 9.17) is 9.72 Å². The molecule has 1 amide bonds. The predicted octanol–water partition coefficient (Wildman–Crippen LogP) is 5.64. The monoisotopic (exact) mass is 433 g/mol. The van der Waals surface area contributed by atoms with E-state index in [1.807, 2.05) is 25.1 Å². The van der Waals surface area contributed by atoms with Crippen LogP contribution in [0.5, 0.6) is 5.75 Å². The first-order chi connectivity index (χ1) is 15.6. The summed E-state index contributed by atoms with van der Waals surface area (Å²) in [4.78, 5) is 16.5. The van der Waals surface area contributed by atoms with E-state index in [1.54, 1.807) is 12.2 Å². The first-order valence-electron chi connectivity index (χ1n) is 11.7. The van der Waals surface area contributed by atoms with Gasteiger partial charge in [0.25, 0.3) is 0 Å². The number of aryl methyl sites for hydroxylation is 1. The van der Waals surface area contributed by atoms with Crippen LogP contribution in [-0.4, -0.2) is 28.6 Å². The highest BCUT2D eigenvalue weighted by Gasteiger charge is 2.10. The van der Waals surface area contributed by atoms with Gasteiger partial charge in [-0.3, -0.25) is 4.79 Å². The number of para-hydroxylation sites is 2. The van der Waals surface area contributed by atoms with Gasteiger partial charge in [-0.15, -0.1) is 0 Å². The first kappa shape index (κ1) is 23.6. The molecular formula is C27H35N3O2. The van der Waals surface area contributed by atoms with Crippen molar-refractivity contribution in [2.24, 2.45) is 0 Å². The minimum Gasteiger partial charge on any atom is -0.494 e. The molecule has 5 heteroatoms. The van der Waals surface area contributed by atoms with Crippen molar-refractivity contribution in [2.75, 3.05) is 13.2 Å². The molecule has 170 valence electrons. The largest absolute Gasteiger partial charge is 0.494 e. The van der Waals surface area contributed by atoms with Gasteiger partial charge in [0.05, 0.1) is 17.6 Å². The number of imidazole rings is 1. The Hall–Kier alpha value is -3.08. The number of aromatic nitrogens is 2. The Morgan fingerprint density at radius 2 is 1.94 bits per heavy atom. The average molecular weight is 434 g/mol. The molecule has 1 unspecified atom stereocenters. The molecule has 3 aromatic rings. The summed E-state index contributed by atoms with van der Waals surface area (Å²) in [6, 6.07) is 16.7. The van der Waals surface area contributed by atoms with Crippen molar-refractivity contribution in [3.63, 3.8) is 0 Å². The summed E-state index contributed by atoms with van der Waals surface area (Å²) < 4.78 is 8.22. The van der Waals surface area contributed by atoms with E-state index in [2.05, 4.69) is 54.1 Å². The number of nitrogens with zero attached hydrogens (tertiary/aromatic N) is 2. The molecular weight excluding hydrogens is 398 g/mol. The van der Waals surface area contributed by atoms with Gasteiger partial charge >= 0.3 is 0 Å². The molecule has 1 aromatic heterocycles. The maximum atomic E-state index is 11.7. The Balaban J connectivity index is 1.52. The summed E-state index contributed by atoms with van der Waals surface area (Å²) in [5.74, 6) is 2.46.